The Morgan fingerprint density at radius 3 is 2.41 bits per heavy atom. The Balaban J connectivity index is 1.53. The van der Waals surface area contributed by atoms with Gasteiger partial charge in [-0.15, -0.1) is 0 Å². The molecule has 5 nitrogen and oxygen atoms in total. The van der Waals surface area contributed by atoms with E-state index in [0.717, 1.165) is 48.7 Å². The van der Waals surface area contributed by atoms with Gasteiger partial charge in [-0.2, -0.15) is 0 Å². The van der Waals surface area contributed by atoms with Gasteiger partial charge in [-0.3, -0.25) is 0 Å². The third kappa shape index (κ3) is 5.66. The lowest BCUT2D eigenvalue weighted by Crippen LogP contribution is -2.33. The van der Waals surface area contributed by atoms with Crippen LogP contribution in [0.3, 0.4) is 0 Å². The molecule has 0 atom stereocenters. The Morgan fingerprint density at radius 2 is 1.69 bits per heavy atom. The molecule has 4 rings (SSSR count). The molecule has 1 saturated carbocycles. The molecule has 1 heterocycles. The van der Waals surface area contributed by atoms with Crippen LogP contribution in [0.4, 0.5) is 26.0 Å². The number of hydrogen-bond acceptors (Lipinski definition) is 5. The van der Waals surface area contributed by atoms with Gasteiger partial charge in [0, 0.05) is 47.8 Å². The van der Waals surface area contributed by atoms with Crippen molar-refractivity contribution in [2.45, 2.75) is 44.3 Å². The van der Waals surface area contributed by atoms with Crippen molar-refractivity contribution in [3.05, 3.63) is 70.9 Å². The van der Waals surface area contributed by atoms with E-state index in [1.165, 1.54) is 12.1 Å². The summed E-state index contributed by atoms with van der Waals surface area (Å²) in [5.74, 6) is -0.478. The highest BCUT2D eigenvalue weighted by molar-refractivity contribution is 6.33. The van der Waals surface area contributed by atoms with Gasteiger partial charge in [-0.25, -0.2) is 13.8 Å². The number of halogens is 3. The van der Waals surface area contributed by atoms with Crippen molar-refractivity contribution < 1.29 is 8.78 Å². The number of nitrogens with two attached hydrogens (primary N) is 2. The lowest BCUT2D eigenvalue weighted by molar-refractivity contribution is 0.410. The Morgan fingerprint density at radius 1 is 0.969 bits per heavy atom. The second-order valence-electron chi connectivity index (χ2n) is 8.28. The van der Waals surface area contributed by atoms with Gasteiger partial charge in [-0.05, 0) is 73.2 Å². The lowest BCUT2D eigenvalue weighted by atomic mass is 9.92. The molecule has 0 unspecified atom stereocenters. The van der Waals surface area contributed by atoms with E-state index in [1.54, 1.807) is 12.3 Å². The summed E-state index contributed by atoms with van der Waals surface area (Å²) in [6.45, 7) is 0.248. The fourth-order valence-electron chi connectivity index (χ4n) is 4.04. The SMILES string of the molecule is Nc1cc(NCc2cc(F)cc(F)c2)cc(-c2cc(N[C@H]3CC[C@H](N)CC3)ncc2Cl)c1. The van der Waals surface area contributed by atoms with E-state index in [0.29, 0.717) is 28.0 Å². The predicted octanol–water partition coefficient (Wildman–Crippen LogP) is 5.56. The number of anilines is 3. The van der Waals surface area contributed by atoms with Crippen LogP contribution in [0.15, 0.2) is 48.7 Å². The first-order chi connectivity index (χ1) is 15.4. The van der Waals surface area contributed by atoms with E-state index in [4.69, 9.17) is 23.1 Å². The van der Waals surface area contributed by atoms with Crippen LogP contribution < -0.4 is 22.1 Å². The zero-order valence-corrected chi connectivity index (χ0v) is 18.3. The standard InChI is InChI=1S/C24H26ClF2N5/c25-23-13-31-24(32-20-3-1-18(28)2-4-20)11-22(23)15-7-19(29)10-21(8-15)30-12-14-5-16(26)9-17(27)6-14/h5-11,13,18,20,30H,1-4,12,28-29H2,(H,31,32)/t18-,20-. The van der Waals surface area contributed by atoms with Gasteiger partial charge < -0.3 is 22.1 Å². The summed E-state index contributed by atoms with van der Waals surface area (Å²) in [5.41, 5.74) is 15.5. The first kappa shape index (κ1) is 22.3. The third-order valence-electron chi connectivity index (χ3n) is 5.66. The normalized spacial score (nSPS) is 18.4. The number of pyridine rings is 1. The highest BCUT2D eigenvalue weighted by Gasteiger charge is 2.19. The van der Waals surface area contributed by atoms with Crippen molar-refractivity contribution in [2.24, 2.45) is 5.73 Å². The molecule has 3 aromatic rings. The minimum absolute atomic E-state index is 0.248. The summed E-state index contributed by atoms with van der Waals surface area (Å²) in [7, 11) is 0. The molecule has 1 aromatic heterocycles. The van der Waals surface area contributed by atoms with E-state index in [1.807, 2.05) is 18.2 Å². The van der Waals surface area contributed by atoms with Crippen LogP contribution in [0.1, 0.15) is 31.2 Å². The van der Waals surface area contributed by atoms with E-state index in [-0.39, 0.29) is 12.6 Å². The minimum Gasteiger partial charge on any atom is -0.399 e. The molecule has 0 radical (unpaired) electrons. The molecule has 0 bridgehead atoms. The van der Waals surface area contributed by atoms with Crippen LogP contribution >= 0.6 is 11.6 Å². The molecule has 0 amide bonds. The number of hydrogen-bond donors (Lipinski definition) is 4. The highest BCUT2D eigenvalue weighted by atomic mass is 35.5. The average Bonchev–Trinajstić information content (AvgIpc) is 2.74. The summed E-state index contributed by atoms with van der Waals surface area (Å²) in [6, 6.07) is 11.5. The molecular weight excluding hydrogens is 432 g/mol. The van der Waals surface area contributed by atoms with Crippen LogP contribution in [0, 0.1) is 11.6 Å². The van der Waals surface area contributed by atoms with Crippen molar-refractivity contribution in [3.63, 3.8) is 0 Å². The summed E-state index contributed by atoms with van der Waals surface area (Å²) in [4.78, 5) is 4.42. The molecule has 8 heteroatoms. The fraction of sp³-hybridized carbons (Fsp3) is 0.292. The molecule has 32 heavy (non-hydrogen) atoms. The Kier molecular flexibility index (Phi) is 6.77. The maximum absolute atomic E-state index is 13.5. The predicted molar refractivity (Wildman–Crippen MR) is 127 cm³/mol. The van der Waals surface area contributed by atoms with Crippen molar-refractivity contribution >= 4 is 28.8 Å². The maximum Gasteiger partial charge on any atom is 0.126 e. The van der Waals surface area contributed by atoms with Gasteiger partial charge in [-0.1, -0.05) is 11.6 Å². The summed E-state index contributed by atoms with van der Waals surface area (Å²) < 4.78 is 26.9. The van der Waals surface area contributed by atoms with Crippen molar-refractivity contribution in [1.29, 1.82) is 0 Å². The van der Waals surface area contributed by atoms with Gasteiger partial charge in [0.1, 0.15) is 17.5 Å². The Bertz CT molecular complexity index is 1080. The number of aromatic nitrogens is 1. The first-order valence-corrected chi connectivity index (χ1v) is 11.0. The second kappa shape index (κ2) is 9.71. The molecule has 1 aliphatic rings. The molecule has 0 spiro atoms. The van der Waals surface area contributed by atoms with Crippen LogP contribution in [-0.4, -0.2) is 17.1 Å². The molecule has 0 saturated heterocycles. The van der Waals surface area contributed by atoms with Crippen LogP contribution in [0.2, 0.25) is 5.02 Å². The number of nitrogens with zero attached hydrogens (tertiary/aromatic N) is 1. The van der Waals surface area contributed by atoms with Gasteiger partial charge in [0.25, 0.3) is 0 Å². The molecule has 168 valence electrons. The monoisotopic (exact) mass is 457 g/mol. The lowest BCUT2D eigenvalue weighted by Gasteiger charge is -2.27. The van der Waals surface area contributed by atoms with E-state index in [9.17, 15) is 8.78 Å². The van der Waals surface area contributed by atoms with Crippen LogP contribution in [0.5, 0.6) is 0 Å². The Labute approximate surface area is 191 Å². The first-order valence-electron chi connectivity index (χ1n) is 10.6. The molecule has 1 aliphatic carbocycles. The van der Waals surface area contributed by atoms with Crippen molar-refractivity contribution in [1.82, 2.24) is 4.98 Å². The second-order valence-corrected chi connectivity index (χ2v) is 8.69. The van der Waals surface area contributed by atoms with Gasteiger partial charge in [0.05, 0.1) is 5.02 Å². The largest absolute Gasteiger partial charge is 0.399 e. The van der Waals surface area contributed by atoms with Crippen molar-refractivity contribution in [2.75, 3.05) is 16.4 Å². The number of rotatable bonds is 6. The smallest absolute Gasteiger partial charge is 0.126 e. The third-order valence-corrected chi connectivity index (χ3v) is 5.97. The van der Waals surface area contributed by atoms with E-state index < -0.39 is 11.6 Å². The topological polar surface area (TPSA) is 89.0 Å². The zero-order chi connectivity index (χ0) is 22.7. The van der Waals surface area contributed by atoms with Crippen LogP contribution in [-0.2, 0) is 6.54 Å². The number of nitrogen functional groups attached to an aromatic ring is 1. The van der Waals surface area contributed by atoms with Crippen LogP contribution in [0.25, 0.3) is 11.1 Å². The summed E-state index contributed by atoms with van der Waals surface area (Å²) in [5, 5.41) is 7.16. The van der Waals surface area contributed by atoms with Gasteiger partial charge in [0.2, 0.25) is 0 Å². The number of nitrogens with one attached hydrogen (secondary N) is 2. The zero-order valence-electron chi connectivity index (χ0n) is 17.5. The highest BCUT2D eigenvalue weighted by Crippen LogP contribution is 2.33. The summed E-state index contributed by atoms with van der Waals surface area (Å²) in [6.07, 6.45) is 5.64. The van der Waals surface area contributed by atoms with E-state index >= 15 is 0 Å². The van der Waals surface area contributed by atoms with Crippen molar-refractivity contribution in [3.8, 4) is 11.1 Å². The number of benzene rings is 2. The molecule has 2 aromatic carbocycles. The molecule has 1 fully saturated rings. The fourth-order valence-corrected chi connectivity index (χ4v) is 4.25. The minimum atomic E-state index is -0.612. The van der Waals surface area contributed by atoms with Gasteiger partial charge in [0.15, 0.2) is 0 Å². The van der Waals surface area contributed by atoms with Gasteiger partial charge >= 0.3 is 0 Å². The molecular formula is C24H26ClF2N5. The Hall–Kier alpha value is -2.90. The summed E-state index contributed by atoms with van der Waals surface area (Å²) >= 11 is 6.45. The molecule has 6 N–H and O–H groups in total. The quantitative estimate of drug-likeness (QED) is 0.364. The maximum atomic E-state index is 13.5. The average molecular weight is 458 g/mol. The molecule has 0 aliphatic heterocycles. The van der Waals surface area contributed by atoms with E-state index in [2.05, 4.69) is 15.6 Å².